The summed E-state index contributed by atoms with van der Waals surface area (Å²) in [6.07, 6.45) is 0. The molecule has 0 aliphatic carbocycles. The minimum absolute atomic E-state index is 0.0134. The molecule has 0 fully saturated rings. The number of aromatic hydroxyl groups is 1. The average Bonchev–Trinajstić information content (AvgIpc) is 2.25. The van der Waals surface area contributed by atoms with E-state index >= 15 is 0 Å². The summed E-state index contributed by atoms with van der Waals surface area (Å²) in [4.78, 5) is 0.103. The van der Waals surface area contributed by atoms with Gasteiger partial charge in [-0.2, -0.15) is 4.31 Å². The van der Waals surface area contributed by atoms with E-state index in [2.05, 4.69) is 0 Å². The number of hydrogen-bond donors (Lipinski definition) is 2. The first-order chi connectivity index (χ1) is 8.16. The Labute approximate surface area is 108 Å². The van der Waals surface area contributed by atoms with Crippen molar-refractivity contribution in [3.8, 4) is 5.75 Å². The molecule has 0 saturated heterocycles. The molecular formula is C12H19NO4S. The normalized spacial score (nSPS) is 12.9. The SMILES string of the molecule is CCN(CC(C)(C)O)S(=O)(=O)c1ccc(O)cc1. The first kappa shape index (κ1) is 14.9. The molecule has 1 aromatic carbocycles. The lowest BCUT2D eigenvalue weighted by molar-refractivity contribution is 0.0601. The summed E-state index contributed by atoms with van der Waals surface area (Å²) in [5.41, 5.74) is -1.10. The predicted molar refractivity (Wildman–Crippen MR) is 68.8 cm³/mol. The molecule has 0 saturated carbocycles. The van der Waals surface area contributed by atoms with Gasteiger partial charge < -0.3 is 10.2 Å². The lowest BCUT2D eigenvalue weighted by Gasteiger charge is -2.27. The van der Waals surface area contributed by atoms with Gasteiger partial charge in [0.05, 0.1) is 10.5 Å². The molecule has 0 radical (unpaired) electrons. The Balaban J connectivity index is 3.07. The summed E-state index contributed by atoms with van der Waals surface area (Å²) < 4.78 is 25.8. The van der Waals surface area contributed by atoms with Crippen molar-refractivity contribution in [1.29, 1.82) is 0 Å². The number of aliphatic hydroxyl groups is 1. The van der Waals surface area contributed by atoms with Gasteiger partial charge in [-0.15, -0.1) is 0 Å². The van der Waals surface area contributed by atoms with Crippen molar-refractivity contribution in [2.45, 2.75) is 31.3 Å². The summed E-state index contributed by atoms with van der Waals surface area (Å²) in [6, 6.07) is 5.34. The third-order valence-electron chi connectivity index (χ3n) is 2.39. The molecule has 5 nitrogen and oxygen atoms in total. The van der Waals surface area contributed by atoms with Gasteiger partial charge in [-0.05, 0) is 38.1 Å². The second-order valence-corrected chi connectivity index (χ2v) is 6.68. The number of phenolic OH excluding ortho intramolecular Hbond substituents is 1. The van der Waals surface area contributed by atoms with Crippen molar-refractivity contribution in [3.05, 3.63) is 24.3 Å². The molecule has 1 aromatic rings. The molecular weight excluding hydrogens is 254 g/mol. The lowest BCUT2D eigenvalue weighted by Crippen LogP contribution is -2.42. The van der Waals surface area contributed by atoms with Gasteiger partial charge in [-0.3, -0.25) is 0 Å². The van der Waals surface area contributed by atoms with Crippen molar-refractivity contribution < 1.29 is 18.6 Å². The van der Waals surface area contributed by atoms with Crippen LogP contribution < -0.4 is 0 Å². The van der Waals surface area contributed by atoms with E-state index in [1.807, 2.05) is 0 Å². The van der Waals surface area contributed by atoms with Gasteiger partial charge in [0.2, 0.25) is 10.0 Å². The van der Waals surface area contributed by atoms with Crippen molar-refractivity contribution in [3.63, 3.8) is 0 Å². The lowest BCUT2D eigenvalue weighted by atomic mass is 10.1. The van der Waals surface area contributed by atoms with E-state index in [1.165, 1.54) is 28.6 Å². The van der Waals surface area contributed by atoms with E-state index in [4.69, 9.17) is 5.11 Å². The zero-order valence-corrected chi connectivity index (χ0v) is 11.6. The highest BCUT2D eigenvalue weighted by molar-refractivity contribution is 7.89. The van der Waals surface area contributed by atoms with Crippen molar-refractivity contribution in [2.24, 2.45) is 0 Å². The first-order valence-corrected chi connectivity index (χ1v) is 7.12. The van der Waals surface area contributed by atoms with E-state index in [0.29, 0.717) is 0 Å². The van der Waals surface area contributed by atoms with E-state index in [0.717, 1.165) is 0 Å². The maximum absolute atomic E-state index is 12.3. The molecule has 102 valence electrons. The van der Waals surface area contributed by atoms with Crippen LogP contribution in [0.4, 0.5) is 0 Å². The maximum atomic E-state index is 12.3. The minimum atomic E-state index is -3.64. The number of nitrogens with zero attached hydrogens (tertiary/aromatic N) is 1. The summed E-state index contributed by atoms with van der Waals surface area (Å²) in [5, 5.41) is 18.9. The van der Waals surface area contributed by atoms with Gasteiger partial charge in [0.1, 0.15) is 5.75 Å². The van der Waals surface area contributed by atoms with Crippen LogP contribution >= 0.6 is 0 Å². The standard InChI is InChI=1S/C12H19NO4S/c1-4-13(9-12(2,3)15)18(16,17)11-7-5-10(14)6-8-11/h5-8,14-15H,4,9H2,1-3H3. The molecule has 0 aliphatic heterocycles. The quantitative estimate of drug-likeness (QED) is 0.844. The number of benzene rings is 1. The minimum Gasteiger partial charge on any atom is -0.508 e. The highest BCUT2D eigenvalue weighted by Crippen LogP contribution is 2.20. The third kappa shape index (κ3) is 3.69. The zero-order valence-electron chi connectivity index (χ0n) is 10.8. The summed E-state index contributed by atoms with van der Waals surface area (Å²) in [7, 11) is -3.64. The number of likely N-dealkylation sites (N-methyl/N-ethyl adjacent to an activating group) is 1. The van der Waals surface area contributed by atoms with E-state index in [9.17, 15) is 13.5 Å². The van der Waals surface area contributed by atoms with Crippen LogP contribution in [0.5, 0.6) is 5.75 Å². The van der Waals surface area contributed by atoms with Crippen molar-refractivity contribution in [2.75, 3.05) is 13.1 Å². The molecule has 0 spiro atoms. The van der Waals surface area contributed by atoms with Crippen LogP contribution in [-0.4, -0.2) is 41.6 Å². The molecule has 6 heteroatoms. The molecule has 0 unspecified atom stereocenters. The Kier molecular flexibility index (Phi) is 4.37. The number of phenols is 1. The Hall–Kier alpha value is -1.11. The van der Waals surface area contributed by atoms with Gasteiger partial charge in [0.15, 0.2) is 0 Å². The predicted octanol–water partition coefficient (Wildman–Crippen LogP) is 1.17. The largest absolute Gasteiger partial charge is 0.508 e. The molecule has 1 rings (SSSR count). The fourth-order valence-corrected chi connectivity index (χ4v) is 3.17. The topological polar surface area (TPSA) is 77.8 Å². The second kappa shape index (κ2) is 5.26. The van der Waals surface area contributed by atoms with E-state index in [-0.39, 0.29) is 23.7 Å². The van der Waals surface area contributed by atoms with Crippen LogP contribution in [0.15, 0.2) is 29.2 Å². The summed E-state index contributed by atoms with van der Waals surface area (Å²) in [6.45, 7) is 5.12. The zero-order chi connectivity index (χ0) is 14.0. The van der Waals surface area contributed by atoms with Crippen LogP contribution in [0, 0.1) is 0 Å². The molecule has 0 atom stereocenters. The van der Waals surface area contributed by atoms with Crippen LogP contribution in [-0.2, 0) is 10.0 Å². The Morgan fingerprint density at radius 3 is 2.11 bits per heavy atom. The van der Waals surface area contributed by atoms with Gasteiger partial charge in [0.25, 0.3) is 0 Å². The fraction of sp³-hybridized carbons (Fsp3) is 0.500. The van der Waals surface area contributed by atoms with Crippen LogP contribution in [0.1, 0.15) is 20.8 Å². The van der Waals surface area contributed by atoms with Crippen LogP contribution in [0.3, 0.4) is 0 Å². The average molecular weight is 273 g/mol. The van der Waals surface area contributed by atoms with Gasteiger partial charge in [-0.25, -0.2) is 8.42 Å². The monoisotopic (exact) mass is 273 g/mol. The van der Waals surface area contributed by atoms with Gasteiger partial charge >= 0.3 is 0 Å². The molecule has 0 amide bonds. The molecule has 2 N–H and O–H groups in total. The summed E-state index contributed by atoms with van der Waals surface area (Å²) in [5.74, 6) is 0.0134. The fourth-order valence-electron chi connectivity index (χ4n) is 1.57. The van der Waals surface area contributed by atoms with Crippen LogP contribution in [0.25, 0.3) is 0 Å². The molecule has 0 bridgehead atoms. The molecule has 0 aliphatic rings. The highest BCUT2D eigenvalue weighted by Gasteiger charge is 2.28. The van der Waals surface area contributed by atoms with Gasteiger partial charge in [-0.1, -0.05) is 6.92 Å². The number of rotatable bonds is 5. The van der Waals surface area contributed by atoms with E-state index in [1.54, 1.807) is 20.8 Å². The number of sulfonamides is 1. The smallest absolute Gasteiger partial charge is 0.243 e. The van der Waals surface area contributed by atoms with Gasteiger partial charge in [0, 0.05) is 13.1 Å². The van der Waals surface area contributed by atoms with Crippen molar-refractivity contribution >= 4 is 10.0 Å². The van der Waals surface area contributed by atoms with Crippen LogP contribution in [0.2, 0.25) is 0 Å². The van der Waals surface area contributed by atoms with Crippen molar-refractivity contribution in [1.82, 2.24) is 4.31 Å². The Morgan fingerprint density at radius 1 is 1.22 bits per heavy atom. The molecule has 18 heavy (non-hydrogen) atoms. The molecule has 0 aromatic heterocycles. The third-order valence-corrected chi connectivity index (χ3v) is 4.33. The Bertz CT molecular complexity index is 488. The van der Waals surface area contributed by atoms with E-state index < -0.39 is 15.6 Å². The summed E-state index contributed by atoms with van der Waals surface area (Å²) >= 11 is 0. The number of hydrogen-bond acceptors (Lipinski definition) is 4. The first-order valence-electron chi connectivity index (χ1n) is 5.68. The molecule has 0 heterocycles. The Morgan fingerprint density at radius 2 is 1.72 bits per heavy atom. The highest BCUT2D eigenvalue weighted by atomic mass is 32.2. The second-order valence-electron chi connectivity index (χ2n) is 4.74. The maximum Gasteiger partial charge on any atom is 0.243 e.